The van der Waals surface area contributed by atoms with E-state index in [0.29, 0.717) is 5.69 Å². The highest BCUT2D eigenvalue weighted by molar-refractivity contribution is 6.02. The van der Waals surface area contributed by atoms with E-state index in [-0.39, 0.29) is 11.9 Å². The highest BCUT2D eigenvalue weighted by atomic mass is 16.2. The molecule has 18 heavy (non-hydrogen) atoms. The van der Waals surface area contributed by atoms with Crippen LogP contribution in [0.1, 0.15) is 36.8 Å². The van der Waals surface area contributed by atoms with Crippen LogP contribution in [0.4, 0.5) is 5.82 Å². The molecule has 0 radical (unpaired) electrons. The molecule has 0 aliphatic heterocycles. The van der Waals surface area contributed by atoms with Crippen LogP contribution in [0.2, 0.25) is 0 Å². The van der Waals surface area contributed by atoms with Crippen molar-refractivity contribution in [2.45, 2.75) is 26.3 Å². The van der Waals surface area contributed by atoms with Crippen molar-refractivity contribution in [3.63, 3.8) is 0 Å². The summed E-state index contributed by atoms with van der Waals surface area (Å²) in [5.74, 6) is 0.614. The Kier molecular flexibility index (Phi) is 3.50. The summed E-state index contributed by atoms with van der Waals surface area (Å²) >= 11 is 0. The van der Waals surface area contributed by atoms with Crippen molar-refractivity contribution < 1.29 is 4.79 Å². The van der Waals surface area contributed by atoms with E-state index in [2.05, 4.69) is 24.3 Å². The minimum atomic E-state index is -0.118. The fraction of sp³-hybridized carbons (Fsp3) is 0.385. The first-order chi connectivity index (χ1) is 8.63. The first-order valence-electron chi connectivity index (χ1n) is 6.09. The summed E-state index contributed by atoms with van der Waals surface area (Å²) < 4.78 is 3.63. The fourth-order valence-corrected chi connectivity index (χ4v) is 1.81. The van der Waals surface area contributed by atoms with Gasteiger partial charge in [0.15, 0.2) is 0 Å². The molecule has 2 heterocycles. The number of hydrogen-bond donors (Lipinski definition) is 1. The number of aromatic nitrogens is 3. The maximum atomic E-state index is 12.1. The van der Waals surface area contributed by atoms with Gasteiger partial charge in [-0.1, -0.05) is 6.92 Å². The number of carbonyl (C=O) groups is 1. The number of rotatable bonds is 4. The molecule has 0 spiro atoms. The van der Waals surface area contributed by atoms with Gasteiger partial charge in [0.1, 0.15) is 11.5 Å². The number of nitrogens with one attached hydrogen (secondary N) is 1. The lowest BCUT2D eigenvalue weighted by atomic mass is 10.3. The number of carbonyl (C=O) groups excluding carboxylic acids is 1. The number of amides is 1. The van der Waals surface area contributed by atoms with Gasteiger partial charge >= 0.3 is 0 Å². The lowest BCUT2D eigenvalue weighted by Gasteiger charge is -2.14. The zero-order valence-electron chi connectivity index (χ0n) is 10.9. The van der Waals surface area contributed by atoms with Gasteiger partial charge in [0.2, 0.25) is 0 Å². The molecule has 1 unspecified atom stereocenters. The van der Waals surface area contributed by atoms with E-state index in [1.807, 2.05) is 30.1 Å². The van der Waals surface area contributed by atoms with Gasteiger partial charge in [-0.05, 0) is 25.5 Å². The molecule has 0 fully saturated rings. The lowest BCUT2D eigenvalue weighted by molar-refractivity contribution is 0.101. The van der Waals surface area contributed by atoms with Gasteiger partial charge in [-0.25, -0.2) is 4.68 Å². The quantitative estimate of drug-likeness (QED) is 0.900. The molecule has 96 valence electrons. The fourth-order valence-electron chi connectivity index (χ4n) is 1.81. The number of nitrogens with zero attached hydrogens (tertiary/aromatic N) is 3. The van der Waals surface area contributed by atoms with Crippen molar-refractivity contribution in [1.82, 2.24) is 14.3 Å². The van der Waals surface area contributed by atoms with E-state index in [1.54, 1.807) is 16.8 Å². The topological polar surface area (TPSA) is 51.9 Å². The molecule has 2 aromatic heterocycles. The zero-order chi connectivity index (χ0) is 13.1. The third-order valence-electron chi connectivity index (χ3n) is 3.10. The molecule has 0 bridgehead atoms. The van der Waals surface area contributed by atoms with Crippen molar-refractivity contribution in [3.8, 4) is 0 Å². The Bertz CT molecular complexity index is 541. The molecule has 0 saturated carbocycles. The number of aryl methyl sites for hydroxylation is 1. The maximum Gasteiger partial charge on any atom is 0.273 e. The van der Waals surface area contributed by atoms with Crippen LogP contribution >= 0.6 is 0 Å². The van der Waals surface area contributed by atoms with E-state index >= 15 is 0 Å². The zero-order valence-corrected chi connectivity index (χ0v) is 10.9. The van der Waals surface area contributed by atoms with Crippen molar-refractivity contribution in [1.29, 1.82) is 0 Å². The van der Waals surface area contributed by atoms with E-state index in [4.69, 9.17) is 0 Å². The second kappa shape index (κ2) is 5.08. The normalized spacial score (nSPS) is 12.4. The first kappa shape index (κ1) is 12.4. The van der Waals surface area contributed by atoms with Crippen LogP contribution in [0.25, 0.3) is 0 Å². The first-order valence-corrected chi connectivity index (χ1v) is 6.09. The largest absolute Gasteiger partial charge is 0.347 e. The maximum absolute atomic E-state index is 12.1. The smallest absolute Gasteiger partial charge is 0.273 e. The van der Waals surface area contributed by atoms with Crippen molar-refractivity contribution in [3.05, 3.63) is 36.3 Å². The summed E-state index contributed by atoms with van der Waals surface area (Å²) in [7, 11) is 1.85. The van der Waals surface area contributed by atoms with Crippen LogP contribution in [0.3, 0.4) is 0 Å². The average Bonchev–Trinajstić information content (AvgIpc) is 2.97. The van der Waals surface area contributed by atoms with Gasteiger partial charge in [-0.3, -0.25) is 4.79 Å². The van der Waals surface area contributed by atoms with Gasteiger partial charge in [0.25, 0.3) is 5.91 Å². The molecule has 1 amide bonds. The molecular weight excluding hydrogens is 228 g/mol. The second-order valence-electron chi connectivity index (χ2n) is 4.38. The molecule has 2 rings (SSSR count). The van der Waals surface area contributed by atoms with Crippen LogP contribution < -0.4 is 5.32 Å². The SMILES string of the molecule is CCC(C)n1nccc1NC(=O)c1cccn1C. The van der Waals surface area contributed by atoms with Crippen molar-refractivity contribution in [2.24, 2.45) is 7.05 Å². The Hall–Kier alpha value is -2.04. The summed E-state index contributed by atoms with van der Waals surface area (Å²) in [5, 5.41) is 7.13. The molecular formula is C13H18N4O. The van der Waals surface area contributed by atoms with Crippen molar-refractivity contribution >= 4 is 11.7 Å². The van der Waals surface area contributed by atoms with E-state index < -0.39 is 0 Å². The third kappa shape index (κ3) is 2.30. The van der Waals surface area contributed by atoms with Crippen LogP contribution in [0, 0.1) is 0 Å². The Morgan fingerprint density at radius 1 is 1.50 bits per heavy atom. The molecule has 2 aromatic rings. The number of anilines is 1. The molecule has 0 aromatic carbocycles. The molecule has 0 aliphatic rings. The predicted octanol–water partition coefficient (Wildman–Crippen LogP) is 2.44. The third-order valence-corrected chi connectivity index (χ3v) is 3.10. The second-order valence-corrected chi connectivity index (χ2v) is 4.38. The van der Waals surface area contributed by atoms with Crippen LogP contribution in [0.5, 0.6) is 0 Å². The summed E-state index contributed by atoms with van der Waals surface area (Å²) in [4.78, 5) is 12.1. The van der Waals surface area contributed by atoms with Gasteiger partial charge in [0.05, 0.1) is 12.2 Å². The molecule has 0 aliphatic carbocycles. The van der Waals surface area contributed by atoms with Crippen LogP contribution in [-0.2, 0) is 7.05 Å². The Labute approximate surface area is 106 Å². The highest BCUT2D eigenvalue weighted by Gasteiger charge is 2.13. The Morgan fingerprint density at radius 3 is 2.89 bits per heavy atom. The minimum Gasteiger partial charge on any atom is -0.347 e. The van der Waals surface area contributed by atoms with Crippen LogP contribution in [-0.4, -0.2) is 20.3 Å². The summed E-state index contributed by atoms with van der Waals surface area (Å²) in [6.45, 7) is 4.17. The van der Waals surface area contributed by atoms with E-state index in [1.165, 1.54) is 0 Å². The molecule has 5 heteroatoms. The highest BCUT2D eigenvalue weighted by Crippen LogP contribution is 2.17. The summed E-state index contributed by atoms with van der Waals surface area (Å²) in [6, 6.07) is 5.72. The Morgan fingerprint density at radius 2 is 2.28 bits per heavy atom. The molecule has 5 nitrogen and oxygen atoms in total. The molecule has 1 atom stereocenters. The van der Waals surface area contributed by atoms with Gasteiger partial charge < -0.3 is 9.88 Å². The number of hydrogen-bond acceptors (Lipinski definition) is 2. The van der Waals surface area contributed by atoms with Crippen LogP contribution in [0.15, 0.2) is 30.6 Å². The minimum absolute atomic E-state index is 0.118. The van der Waals surface area contributed by atoms with E-state index in [9.17, 15) is 4.79 Å². The summed E-state index contributed by atoms with van der Waals surface area (Å²) in [6.07, 6.45) is 4.52. The van der Waals surface area contributed by atoms with E-state index in [0.717, 1.165) is 12.2 Å². The molecule has 0 saturated heterocycles. The van der Waals surface area contributed by atoms with Gasteiger partial charge in [-0.2, -0.15) is 5.10 Å². The standard InChI is InChI=1S/C13H18N4O/c1-4-10(2)17-12(7-8-14-17)15-13(18)11-6-5-9-16(11)3/h5-10H,4H2,1-3H3,(H,15,18). The molecule has 1 N–H and O–H groups in total. The average molecular weight is 246 g/mol. The lowest BCUT2D eigenvalue weighted by Crippen LogP contribution is -2.19. The Balaban J connectivity index is 2.18. The summed E-state index contributed by atoms with van der Waals surface area (Å²) in [5.41, 5.74) is 0.631. The predicted molar refractivity (Wildman–Crippen MR) is 70.6 cm³/mol. The monoisotopic (exact) mass is 246 g/mol. The van der Waals surface area contributed by atoms with Gasteiger partial charge in [-0.15, -0.1) is 0 Å². The van der Waals surface area contributed by atoms with Crippen molar-refractivity contribution in [2.75, 3.05) is 5.32 Å². The van der Waals surface area contributed by atoms with Gasteiger partial charge in [0, 0.05) is 19.3 Å².